The average molecular weight is 196 g/mol. The van der Waals surface area contributed by atoms with Gasteiger partial charge in [0.2, 0.25) is 11.6 Å². The van der Waals surface area contributed by atoms with Crippen molar-refractivity contribution < 1.29 is 19.5 Å². The summed E-state index contributed by atoms with van der Waals surface area (Å²) < 4.78 is 0. The zero-order valence-electron chi connectivity index (χ0n) is 7.95. The minimum atomic E-state index is -1.77. The van der Waals surface area contributed by atoms with Gasteiger partial charge in [-0.25, -0.2) is 0 Å². The van der Waals surface area contributed by atoms with Crippen LogP contribution < -0.4 is 0 Å². The maximum absolute atomic E-state index is 11.3. The number of rotatable bonds is 3. The maximum Gasteiger partial charge on any atom is 0.239 e. The van der Waals surface area contributed by atoms with E-state index in [4.69, 9.17) is 5.11 Å². The van der Waals surface area contributed by atoms with Crippen molar-refractivity contribution in [2.75, 3.05) is 0 Å². The Bertz CT molecular complexity index is 314. The molecule has 0 aromatic heterocycles. The van der Waals surface area contributed by atoms with Crippen LogP contribution in [0.2, 0.25) is 0 Å². The Morgan fingerprint density at radius 2 is 2.00 bits per heavy atom. The van der Waals surface area contributed by atoms with Crippen LogP contribution in [0, 0.1) is 0 Å². The van der Waals surface area contributed by atoms with Crippen molar-refractivity contribution >= 4 is 17.3 Å². The summed E-state index contributed by atoms with van der Waals surface area (Å²) in [4.78, 5) is 33.3. The molecule has 1 N–H and O–H groups in total. The number of hydrogen-bond donors (Lipinski definition) is 1. The number of ketones is 3. The van der Waals surface area contributed by atoms with Gasteiger partial charge < -0.3 is 5.11 Å². The maximum atomic E-state index is 11.3. The standard InChI is InChI=1S/C10H12O4/c1-2-3-4-6-5-7(11)9(13)10(14)8(6)12/h5,9,13H,2-4H2,1H3. The molecule has 0 aromatic carbocycles. The smallest absolute Gasteiger partial charge is 0.239 e. The van der Waals surface area contributed by atoms with Gasteiger partial charge in [0.05, 0.1) is 0 Å². The highest BCUT2D eigenvalue weighted by Crippen LogP contribution is 2.15. The van der Waals surface area contributed by atoms with Gasteiger partial charge in [0, 0.05) is 5.57 Å². The van der Waals surface area contributed by atoms with E-state index >= 15 is 0 Å². The molecule has 0 radical (unpaired) electrons. The number of carbonyl (C=O) groups is 3. The summed E-state index contributed by atoms with van der Waals surface area (Å²) in [6, 6.07) is 0. The Morgan fingerprint density at radius 3 is 2.57 bits per heavy atom. The van der Waals surface area contributed by atoms with Crippen LogP contribution in [0.15, 0.2) is 11.6 Å². The highest BCUT2D eigenvalue weighted by molar-refractivity contribution is 6.51. The van der Waals surface area contributed by atoms with E-state index in [1.165, 1.54) is 0 Å². The van der Waals surface area contributed by atoms with Gasteiger partial charge in [0.25, 0.3) is 0 Å². The third-order valence-electron chi connectivity index (χ3n) is 2.15. The predicted molar refractivity (Wildman–Crippen MR) is 48.6 cm³/mol. The molecule has 0 saturated carbocycles. The van der Waals surface area contributed by atoms with E-state index < -0.39 is 23.5 Å². The van der Waals surface area contributed by atoms with Crippen molar-refractivity contribution in [1.82, 2.24) is 0 Å². The molecule has 0 heterocycles. The lowest BCUT2D eigenvalue weighted by Crippen LogP contribution is -2.39. The Hall–Kier alpha value is -1.29. The first-order valence-corrected chi connectivity index (χ1v) is 4.59. The second-order valence-corrected chi connectivity index (χ2v) is 3.27. The molecular weight excluding hydrogens is 184 g/mol. The van der Waals surface area contributed by atoms with Gasteiger partial charge in [0.1, 0.15) is 0 Å². The molecule has 0 aromatic rings. The largest absolute Gasteiger partial charge is 0.377 e. The molecule has 0 aliphatic heterocycles. The monoisotopic (exact) mass is 196 g/mol. The lowest BCUT2D eigenvalue weighted by molar-refractivity contribution is -0.145. The summed E-state index contributed by atoms with van der Waals surface area (Å²) in [7, 11) is 0. The van der Waals surface area contributed by atoms with E-state index in [1.54, 1.807) is 0 Å². The summed E-state index contributed by atoms with van der Waals surface area (Å²) >= 11 is 0. The van der Waals surface area contributed by atoms with E-state index in [0.717, 1.165) is 18.9 Å². The molecular formula is C10H12O4. The van der Waals surface area contributed by atoms with Crippen molar-refractivity contribution in [3.63, 3.8) is 0 Å². The quantitative estimate of drug-likeness (QED) is 0.516. The van der Waals surface area contributed by atoms with Crippen molar-refractivity contribution in [3.8, 4) is 0 Å². The molecule has 4 heteroatoms. The number of unbranched alkanes of at least 4 members (excludes halogenated alkanes) is 1. The molecule has 4 nitrogen and oxygen atoms in total. The average Bonchev–Trinajstić information content (AvgIpc) is 2.18. The van der Waals surface area contributed by atoms with Crippen molar-refractivity contribution in [3.05, 3.63) is 11.6 Å². The number of aliphatic hydroxyl groups excluding tert-OH is 1. The van der Waals surface area contributed by atoms with Crippen LogP contribution in [0.25, 0.3) is 0 Å². The van der Waals surface area contributed by atoms with Gasteiger partial charge in [-0.1, -0.05) is 13.3 Å². The first-order valence-electron chi connectivity index (χ1n) is 4.59. The fourth-order valence-corrected chi connectivity index (χ4v) is 1.28. The van der Waals surface area contributed by atoms with Gasteiger partial charge in [0.15, 0.2) is 11.9 Å². The topological polar surface area (TPSA) is 71.4 Å². The van der Waals surface area contributed by atoms with Gasteiger partial charge in [-0.15, -0.1) is 0 Å². The highest BCUT2D eigenvalue weighted by atomic mass is 16.3. The molecule has 1 atom stereocenters. The Morgan fingerprint density at radius 1 is 1.36 bits per heavy atom. The summed E-state index contributed by atoms with van der Waals surface area (Å²) in [6.45, 7) is 1.95. The lowest BCUT2D eigenvalue weighted by Gasteiger charge is -2.13. The van der Waals surface area contributed by atoms with E-state index in [1.807, 2.05) is 6.92 Å². The number of aliphatic hydroxyl groups is 1. The fourth-order valence-electron chi connectivity index (χ4n) is 1.28. The zero-order chi connectivity index (χ0) is 10.7. The molecule has 1 unspecified atom stereocenters. The third-order valence-corrected chi connectivity index (χ3v) is 2.15. The molecule has 76 valence electrons. The van der Waals surface area contributed by atoms with Crippen LogP contribution in [-0.4, -0.2) is 28.6 Å². The van der Waals surface area contributed by atoms with E-state index in [2.05, 4.69) is 0 Å². The Balaban J connectivity index is 2.85. The lowest BCUT2D eigenvalue weighted by atomic mass is 9.90. The van der Waals surface area contributed by atoms with E-state index in [9.17, 15) is 14.4 Å². The Labute approximate surface area is 81.6 Å². The van der Waals surface area contributed by atoms with Gasteiger partial charge in [-0.2, -0.15) is 0 Å². The summed E-state index contributed by atoms with van der Waals surface area (Å²) in [5.74, 6) is -2.39. The minimum absolute atomic E-state index is 0.229. The third kappa shape index (κ3) is 1.96. The van der Waals surface area contributed by atoms with Gasteiger partial charge in [-0.3, -0.25) is 14.4 Å². The molecule has 0 saturated heterocycles. The first kappa shape index (κ1) is 10.8. The van der Waals surface area contributed by atoms with Crippen LogP contribution in [0.5, 0.6) is 0 Å². The molecule has 1 aliphatic rings. The Kier molecular flexibility index (Phi) is 3.30. The molecule has 0 fully saturated rings. The first-order chi connectivity index (χ1) is 6.57. The summed E-state index contributed by atoms with van der Waals surface area (Å²) in [5, 5.41) is 9.00. The zero-order valence-corrected chi connectivity index (χ0v) is 7.95. The fraction of sp³-hybridized carbons (Fsp3) is 0.500. The second-order valence-electron chi connectivity index (χ2n) is 3.27. The number of Topliss-reactive ketones (excluding diaryl/α,β-unsaturated/α-hetero) is 2. The van der Waals surface area contributed by atoms with Gasteiger partial charge in [-0.05, 0) is 18.9 Å². The highest BCUT2D eigenvalue weighted by Gasteiger charge is 2.34. The summed E-state index contributed by atoms with van der Waals surface area (Å²) in [6.07, 6.45) is 1.39. The number of carbonyl (C=O) groups excluding carboxylic acids is 3. The van der Waals surface area contributed by atoms with Crippen LogP contribution in [0.3, 0.4) is 0 Å². The molecule has 0 spiro atoms. The van der Waals surface area contributed by atoms with Crippen LogP contribution in [0.1, 0.15) is 26.2 Å². The van der Waals surface area contributed by atoms with Crippen LogP contribution in [0.4, 0.5) is 0 Å². The van der Waals surface area contributed by atoms with Crippen molar-refractivity contribution in [1.29, 1.82) is 0 Å². The molecule has 14 heavy (non-hydrogen) atoms. The van der Waals surface area contributed by atoms with Crippen LogP contribution >= 0.6 is 0 Å². The SMILES string of the molecule is CCCCC1=CC(=O)C(O)C(=O)C1=O. The van der Waals surface area contributed by atoms with Crippen molar-refractivity contribution in [2.24, 2.45) is 0 Å². The van der Waals surface area contributed by atoms with E-state index in [-0.39, 0.29) is 5.57 Å². The normalized spacial score (nSPS) is 22.6. The van der Waals surface area contributed by atoms with Gasteiger partial charge >= 0.3 is 0 Å². The van der Waals surface area contributed by atoms with E-state index in [0.29, 0.717) is 6.42 Å². The molecule has 0 amide bonds. The number of allylic oxidation sites excluding steroid dienone is 1. The van der Waals surface area contributed by atoms with Crippen LogP contribution in [-0.2, 0) is 14.4 Å². The summed E-state index contributed by atoms with van der Waals surface area (Å²) in [5.41, 5.74) is 0.229. The second kappa shape index (κ2) is 4.28. The minimum Gasteiger partial charge on any atom is -0.377 e. The number of hydrogen-bond acceptors (Lipinski definition) is 4. The molecule has 1 rings (SSSR count). The molecule has 1 aliphatic carbocycles. The predicted octanol–water partition coefficient (Wildman–Crippen LogP) is 0.185. The molecule has 0 bridgehead atoms. The van der Waals surface area contributed by atoms with Crippen molar-refractivity contribution in [2.45, 2.75) is 32.3 Å².